The molecule has 0 aromatic heterocycles. The topological polar surface area (TPSA) is 12.4 Å². The molecule has 0 aromatic carbocycles. The van der Waals surface area contributed by atoms with E-state index in [1.54, 1.807) is 0 Å². The van der Waals surface area contributed by atoms with Crippen molar-refractivity contribution in [1.29, 1.82) is 0 Å². The van der Waals surface area contributed by atoms with Crippen LogP contribution in [-0.2, 0) is 0 Å². The van der Waals surface area contributed by atoms with Crippen molar-refractivity contribution in [3.8, 4) is 0 Å². The van der Waals surface area contributed by atoms with Gasteiger partial charge in [-0.05, 0) is 24.8 Å². The Kier molecular flexibility index (Phi) is 2.86. The van der Waals surface area contributed by atoms with Gasteiger partial charge in [-0.2, -0.15) is 0 Å². The highest BCUT2D eigenvalue weighted by molar-refractivity contribution is 5.97. The molecular weight excluding hydrogens is 134 g/mol. The summed E-state index contributed by atoms with van der Waals surface area (Å²) >= 11 is 0. The van der Waals surface area contributed by atoms with Gasteiger partial charge in [0.25, 0.3) is 0 Å². The fourth-order valence-electron chi connectivity index (χ4n) is 1.67. The second kappa shape index (κ2) is 3.70. The highest BCUT2D eigenvalue weighted by Crippen LogP contribution is 2.23. The van der Waals surface area contributed by atoms with E-state index in [0.29, 0.717) is 5.92 Å². The van der Waals surface area contributed by atoms with E-state index in [9.17, 15) is 0 Å². The Morgan fingerprint density at radius 1 is 1.55 bits per heavy atom. The fraction of sp³-hybridized carbons (Fsp3) is 0.700. The smallest absolute Gasteiger partial charge is 0.0375 e. The Morgan fingerprint density at radius 2 is 2.27 bits per heavy atom. The summed E-state index contributed by atoms with van der Waals surface area (Å²) < 4.78 is 0. The average molecular weight is 151 g/mol. The maximum absolute atomic E-state index is 4.28. The van der Waals surface area contributed by atoms with Gasteiger partial charge in [0.2, 0.25) is 0 Å². The predicted molar refractivity (Wildman–Crippen MR) is 50.1 cm³/mol. The minimum Gasteiger partial charge on any atom is -0.293 e. The predicted octanol–water partition coefficient (Wildman–Crippen LogP) is 2.68. The minimum atomic E-state index is 0.699. The number of hydrogen-bond acceptors (Lipinski definition) is 1. The van der Waals surface area contributed by atoms with E-state index in [4.69, 9.17) is 0 Å². The second-order valence-corrected chi connectivity index (χ2v) is 3.48. The van der Waals surface area contributed by atoms with Crippen LogP contribution in [0.5, 0.6) is 0 Å². The molecule has 0 N–H and O–H groups in total. The van der Waals surface area contributed by atoms with E-state index < -0.39 is 0 Å². The normalized spacial score (nSPS) is 28.4. The van der Waals surface area contributed by atoms with Gasteiger partial charge in [0.05, 0.1) is 0 Å². The lowest BCUT2D eigenvalue weighted by atomic mass is 9.83. The van der Waals surface area contributed by atoms with Crippen molar-refractivity contribution < 1.29 is 0 Å². The van der Waals surface area contributed by atoms with Gasteiger partial charge in [-0.1, -0.05) is 19.9 Å². The zero-order chi connectivity index (χ0) is 8.27. The first-order valence-corrected chi connectivity index (χ1v) is 4.39. The van der Waals surface area contributed by atoms with E-state index in [1.807, 2.05) is 7.05 Å². The summed E-state index contributed by atoms with van der Waals surface area (Å²) in [7, 11) is 1.89. The molecular formula is C10H17N. The molecule has 0 heterocycles. The van der Waals surface area contributed by atoms with Crippen molar-refractivity contribution in [2.24, 2.45) is 16.8 Å². The highest BCUT2D eigenvalue weighted by atomic mass is 14.7. The van der Waals surface area contributed by atoms with E-state index in [1.165, 1.54) is 18.6 Å². The molecule has 0 fully saturated rings. The van der Waals surface area contributed by atoms with Gasteiger partial charge in [0, 0.05) is 18.7 Å². The maximum Gasteiger partial charge on any atom is 0.0375 e. The van der Waals surface area contributed by atoms with Crippen LogP contribution in [0.25, 0.3) is 0 Å². The highest BCUT2D eigenvalue weighted by Gasteiger charge is 2.18. The van der Waals surface area contributed by atoms with Crippen molar-refractivity contribution in [2.75, 3.05) is 7.05 Å². The second-order valence-electron chi connectivity index (χ2n) is 3.48. The fourth-order valence-corrected chi connectivity index (χ4v) is 1.67. The third-order valence-corrected chi connectivity index (χ3v) is 2.38. The summed E-state index contributed by atoms with van der Waals surface area (Å²) in [5.74, 6) is 1.43. The first kappa shape index (κ1) is 8.51. The van der Waals surface area contributed by atoms with Crippen LogP contribution in [0.1, 0.15) is 26.7 Å². The molecule has 0 saturated carbocycles. The van der Waals surface area contributed by atoms with Crippen LogP contribution in [0.3, 0.4) is 0 Å². The van der Waals surface area contributed by atoms with Crippen LogP contribution in [0.2, 0.25) is 0 Å². The van der Waals surface area contributed by atoms with Gasteiger partial charge in [0.15, 0.2) is 0 Å². The summed E-state index contributed by atoms with van der Waals surface area (Å²) in [6, 6.07) is 0. The molecule has 0 aliphatic heterocycles. The van der Waals surface area contributed by atoms with Gasteiger partial charge in [-0.15, -0.1) is 0 Å². The van der Waals surface area contributed by atoms with Gasteiger partial charge >= 0.3 is 0 Å². The molecule has 1 rings (SSSR count). The molecule has 1 heteroatoms. The van der Waals surface area contributed by atoms with Gasteiger partial charge in [0.1, 0.15) is 0 Å². The Balaban J connectivity index is 2.72. The monoisotopic (exact) mass is 151 g/mol. The van der Waals surface area contributed by atoms with Crippen molar-refractivity contribution in [1.82, 2.24) is 0 Å². The summed E-state index contributed by atoms with van der Waals surface area (Å²) in [6.45, 7) is 4.55. The Bertz CT molecular complexity index is 177. The Labute approximate surface area is 69.2 Å². The lowest BCUT2D eigenvalue weighted by Crippen LogP contribution is -2.20. The molecule has 1 nitrogen and oxygen atoms in total. The molecule has 0 radical (unpaired) electrons. The molecule has 1 atom stereocenters. The molecule has 0 spiro atoms. The zero-order valence-corrected chi connectivity index (χ0v) is 7.67. The van der Waals surface area contributed by atoms with Crippen LogP contribution < -0.4 is 0 Å². The molecule has 1 aliphatic carbocycles. The number of nitrogens with zero attached hydrogens (tertiary/aromatic N) is 1. The molecule has 11 heavy (non-hydrogen) atoms. The number of aliphatic imine (C=N–C) groups is 1. The molecule has 0 amide bonds. The van der Waals surface area contributed by atoms with Crippen molar-refractivity contribution in [3.05, 3.63) is 12.2 Å². The summed E-state index contributed by atoms with van der Waals surface area (Å²) in [5.41, 5.74) is 1.28. The lowest BCUT2D eigenvalue weighted by Gasteiger charge is -2.23. The molecule has 0 bridgehead atoms. The van der Waals surface area contributed by atoms with Gasteiger partial charge in [-0.25, -0.2) is 0 Å². The molecule has 0 aromatic rings. The molecule has 0 saturated heterocycles. The number of hydrogen-bond donors (Lipinski definition) is 0. The van der Waals surface area contributed by atoms with Crippen LogP contribution in [0, 0.1) is 11.8 Å². The van der Waals surface area contributed by atoms with E-state index >= 15 is 0 Å². The van der Waals surface area contributed by atoms with E-state index in [2.05, 4.69) is 31.0 Å². The van der Waals surface area contributed by atoms with E-state index in [-0.39, 0.29) is 0 Å². The van der Waals surface area contributed by atoms with Crippen LogP contribution in [0.15, 0.2) is 17.1 Å². The van der Waals surface area contributed by atoms with Crippen LogP contribution in [-0.4, -0.2) is 12.8 Å². The zero-order valence-electron chi connectivity index (χ0n) is 7.67. The molecule has 62 valence electrons. The third kappa shape index (κ3) is 1.92. The van der Waals surface area contributed by atoms with Crippen LogP contribution >= 0.6 is 0 Å². The van der Waals surface area contributed by atoms with Crippen molar-refractivity contribution in [2.45, 2.75) is 26.7 Å². The molecule has 1 aliphatic rings. The Hall–Kier alpha value is -0.590. The minimum absolute atomic E-state index is 0.699. The SMILES string of the molecule is CN=C1C=CCCC1C(C)C. The largest absolute Gasteiger partial charge is 0.293 e. The quantitative estimate of drug-likeness (QED) is 0.546. The first-order valence-electron chi connectivity index (χ1n) is 4.39. The molecule has 1 unspecified atom stereocenters. The number of allylic oxidation sites excluding steroid dienone is 2. The standard InChI is InChI=1S/C10H17N/c1-8(2)9-6-4-5-7-10(9)11-3/h5,7-9H,4,6H2,1-3H3. The maximum atomic E-state index is 4.28. The van der Waals surface area contributed by atoms with E-state index in [0.717, 1.165) is 5.92 Å². The number of rotatable bonds is 1. The Morgan fingerprint density at radius 3 is 2.73 bits per heavy atom. The van der Waals surface area contributed by atoms with Gasteiger partial charge < -0.3 is 0 Å². The summed E-state index contributed by atoms with van der Waals surface area (Å²) in [4.78, 5) is 4.28. The van der Waals surface area contributed by atoms with Crippen molar-refractivity contribution >= 4 is 5.71 Å². The lowest BCUT2D eigenvalue weighted by molar-refractivity contribution is 0.462. The van der Waals surface area contributed by atoms with Crippen LogP contribution in [0.4, 0.5) is 0 Å². The average Bonchev–Trinajstić information content (AvgIpc) is 2.04. The summed E-state index contributed by atoms with van der Waals surface area (Å²) in [6.07, 6.45) is 6.90. The third-order valence-electron chi connectivity index (χ3n) is 2.38. The van der Waals surface area contributed by atoms with Crippen molar-refractivity contribution in [3.63, 3.8) is 0 Å². The first-order chi connectivity index (χ1) is 5.25. The summed E-state index contributed by atoms with van der Waals surface area (Å²) in [5, 5.41) is 0. The van der Waals surface area contributed by atoms with Gasteiger partial charge in [-0.3, -0.25) is 4.99 Å².